The van der Waals surface area contributed by atoms with Gasteiger partial charge < -0.3 is 14.6 Å². The van der Waals surface area contributed by atoms with Crippen molar-refractivity contribution in [2.45, 2.75) is 84.7 Å². The second-order valence-corrected chi connectivity index (χ2v) is 10.7. The fourth-order valence-electron chi connectivity index (χ4n) is 7.86. The topological polar surface area (TPSA) is 101 Å². The Bertz CT molecular complexity index is 843. The van der Waals surface area contributed by atoms with Gasteiger partial charge in [0, 0.05) is 24.2 Å². The number of allylic oxidation sites excluding steroid dienone is 1. The van der Waals surface area contributed by atoms with E-state index in [2.05, 4.69) is 13.8 Å². The van der Waals surface area contributed by atoms with Gasteiger partial charge in [0.25, 0.3) is 0 Å². The van der Waals surface area contributed by atoms with E-state index in [0.717, 1.165) is 32.1 Å². The average molecular weight is 430 g/mol. The first-order valence-corrected chi connectivity index (χ1v) is 11.7. The maximum atomic E-state index is 12.6. The number of esters is 1. The summed E-state index contributed by atoms with van der Waals surface area (Å²) in [6.45, 7) is 6.07. The molecule has 0 N–H and O–H groups in total. The zero-order chi connectivity index (χ0) is 22.6. The monoisotopic (exact) mass is 429 g/mol. The molecule has 170 valence electrons. The molecule has 0 amide bonds. The van der Waals surface area contributed by atoms with Crippen LogP contribution in [-0.2, 0) is 23.9 Å². The highest BCUT2D eigenvalue weighted by molar-refractivity contribution is 5.91. The molecule has 3 saturated carbocycles. The van der Waals surface area contributed by atoms with Crippen LogP contribution in [0.3, 0.4) is 0 Å². The molecule has 4 rings (SSSR count). The molecule has 0 heterocycles. The molecule has 0 aromatic carbocycles. The van der Waals surface area contributed by atoms with E-state index in [1.165, 1.54) is 5.57 Å². The first-order valence-electron chi connectivity index (χ1n) is 11.7. The highest BCUT2D eigenvalue weighted by Crippen LogP contribution is 2.67. The molecule has 6 heteroatoms. The van der Waals surface area contributed by atoms with Crippen molar-refractivity contribution in [3.8, 4) is 0 Å². The van der Waals surface area contributed by atoms with Gasteiger partial charge in [-0.15, -0.1) is 0 Å². The smallest absolute Gasteiger partial charge is 0.306 e. The Balaban J connectivity index is 1.70. The minimum absolute atomic E-state index is 0.0273. The summed E-state index contributed by atoms with van der Waals surface area (Å²) in [6, 6.07) is 0. The first kappa shape index (κ1) is 22.2. The predicted molar refractivity (Wildman–Crippen MR) is 110 cm³/mol. The van der Waals surface area contributed by atoms with Crippen molar-refractivity contribution in [1.29, 1.82) is 0 Å². The van der Waals surface area contributed by atoms with Crippen molar-refractivity contribution in [2.24, 2.45) is 34.5 Å². The van der Waals surface area contributed by atoms with Gasteiger partial charge in [-0.3, -0.25) is 14.4 Å². The molecule has 7 atom stereocenters. The molecule has 0 spiro atoms. The van der Waals surface area contributed by atoms with Gasteiger partial charge in [0.1, 0.15) is 11.9 Å². The van der Waals surface area contributed by atoms with Crippen molar-refractivity contribution in [2.75, 3.05) is 0 Å². The summed E-state index contributed by atoms with van der Waals surface area (Å²) in [6.07, 6.45) is 6.48. The third-order valence-corrected chi connectivity index (χ3v) is 9.18. The average Bonchev–Trinajstić information content (AvgIpc) is 3.03. The van der Waals surface area contributed by atoms with Crippen LogP contribution in [0.5, 0.6) is 0 Å². The van der Waals surface area contributed by atoms with Gasteiger partial charge in [0.2, 0.25) is 0 Å². The van der Waals surface area contributed by atoms with E-state index in [1.54, 1.807) is 6.92 Å². The second kappa shape index (κ2) is 7.86. The first-order chi connectivity index (χ1) is 14.6. The minimum Gasteiger partial charge on any atom is -0.550 e. The van der Waals surface area contributed by atoms with E-state index in [9.17, 15) is 24.3 Å². The molecule has 0 radical (unpaired) electrons. The lowest BCUT2D eigenvalue weighted by Crippen LogP contribution is -2.58. The molecular weight excluding hydrogens is 396 g/mol. The van der Waals surface area contributed by atoms with Crippen LogP contribution >= 0.6 is 0 Å². The molecule has 31 heavy (non-hydrogen) atoms. The standard InChI is InChI=1S/C25H34O6/c1-14(26)18-6-7-19-17-5-4-15-12-16(27)10-11-24(15,2)23(17)20(13-25(18,19)3)31-22(30)9-8-21(28)29/h12,17-20,23H,4-11,13H2,1-3H3,(H,28,29)/p-1/t17-,18-,19-,20-,23+,24+,25-/m1/s1. The van der Waals surface area contributed by atoms with E-state index in [-0.39, 0.29) is 53.2 Å². The number of carboxylic acid groups (broad SMARTS) is 1. The normalized spacial score (nSPS) is 41.5. The maximum absolute atomic E-state index is 12.6. The van der Waals surface area contributed by atoms with Gasteiger partial charge in [-0.05, 0) is 80.6 Å². The second-order valence-electron chi connectivity index (χ2n) is 10.7. The van der Waals surface area contributed by atoms with Gasteiger partial charge in [0.05, 0.1) is 6.42 Å². The van der Waals surface area contributed by atoms with Gasteiger partial charge in [-0.25, -0.2) is 0 Å². The molecule has 3 fully saturated rings. The molecule has 6 nitrogen and oxygen atoms in total. The molecule has 0 aliphatic heterocycles. The van der Waals surface area contributed by atoms with Crippen molar-refractivity contribution in [3.05, 3.63) is 11.6 Å². The number of Topliss-reactive ketones (excluding diaryl/α,β-unsaturated/α-hetero) is 1. The molecule has 0 saturated heterocycles. The SMILES string of the molecule is CC(=O)[C@H]1CC[C@@H]2[C@H]3CCC4=CC(=O)CC[C@]4(C)[C@@H]3[C@H](OC(=O)CCC(=O)[O-])C[C@]12C. The van der Waals surface area contributed by atoms with E-state index < -0.39 is 11.9 Å². The lowest BCUT2D eigenvalue weighted by molar-refractivity contribution is -0.305. The quantitative estimate of drug-likeness (QED) is 0.623. The molecular formula is C25H33O6-. The largest absolute Gasteiger partial charge is 0.550 e. The Hall–Kier alpha value is -1.98. The Morgan fingerprint density at radius 2 is 1.87 bits per heavy atom. The Morgan fingerprint density at radius 1 is 1.13 bits per heavy atom. The molecule has 0 aromatic heterocycles. The van der Waals surface area contributed by atoms with Crippen molar-refractivity contribution in [3.63, 3.8) is 0 Å². The van der Waals surface area contributed by atoms with Crippen molar-refractivity contribution >= 4 is 23.5 Å². The summed E-state index contributed by atoms with van der Waals surface area (Å²) >= 11 is 0. The number of ether oxygens (including phenoxy) is 1. The van der Waals surface area contributed by atoms with Crippen LogP contribution in [0.15, 0.2) is 11.6 Å². The number of aliphatic carboxylic acids is 1. The number of carboxylic acids is 1. The van der Waals surface area contributed by atoms with Crippen LogP contribution in [0.1, 0.15) is 78.6 Å². The third-order valence-electron chi connectivity index (χ3n) is 9.18. The molecule has 0 aromatic rings. The van der Waals surface area contributed by atoms with Gasteiger partial charge in [0.15, 0.2) is 5.78 Å². The number of hydrogen-bond donors (Lipinski definition) is 0. The number of fused-ring (bicyclic) bond motifs is 5. The fourth-order valence-corrected chi connectivity index (χ4v) is 7.86. The Kier molecular flexibility index (Phi) is 5.63. The summed E-state index contributed by atoms with van der Waals surface area (Å²) in [5.74, 6) is -0.602. The fraction of sp³-hybridized carbons (Fsp3) is 0.760. The summed E-state index contributed by atoms with van der Waals surface area (Å²) in [4.78, 5) is 48.0. The van der Waals surface area contributed by atoms with Gasteiger partial charge in [-0.2, -0.15) is 0 Å². The summed E-state index contributed by atoms with van der Waals surface area (Å²) in [7, 11) is 0. The summed E-state index contributed by atoms with van der Waals surface area (Å²) < 4.78 is 6.00. The van der Waals surface area contributed by atoms with Crippen molar-refractivity contribution in [1.82, 2.24) is 0 Å². The minimum atomic E-state index is -1.27. The van der Waals surface area contributed by atoms with Gasteiger partial charge in [-0.1, -0.05) is 19.4 Å². The lowest BCUT2D eigenvalue weighted by Gasteiger charge is -2.60. The van der Waals surface area contributed by atoms with Crippen LogP contribution in [0.2, 0.25) is 0 Å². The number of carbonyl (C=O) groups is 4. The van der Waals surface area contributed by atoms with Crippen LogP contribution in [0.25, 0.3) is 0 Å². The van der Waals surface area contributed by atoms with Crippen molar-refractivity contribution < 1.29 is 29.0 Å². The number of rotatable bonds is 5. The Morgan fingerprint density at radius 3 is 2.55 bits per heavy atom. The van der Waals surface area contributed by atoms with E-state index in [1.807, 2.05) is 6.08 Å². The highest BCUT2D eigenvalue weighted by atomic mass is 16.5. The number of carbonyl (C=O) groups excluding carboxylic acids is 4. The van der Waals surface area contributed by atoms with E-state index in [0.29, 0.717) is 24.7 Å². The zero-order valence-electron chi connectivity index (χ0n) is 18.8. The molecule has 0 bridgehead atoms. The van der Waals surface area contributed by atoms with Crippen LogP contribution in [0.4, 0.5) is 0 Å². The maximum Gasteiger partial charge on any atom is 0.306 e. The predicted octanol–water partition coefficient (Wildman–Crippen LogP) is 2.78. The van der Waals surface area contributed by atoms with Crippen LogP contribution in [0, 0.1) is 34.5 Å². The number of ketones is 2. The van der Waals surface area contributed by atoms with Gasteiger partial charge >= 0.3 is 5.97 Å². The van der Waals surface area contributed by atoms with Crippen LogP contribution in [-0.4, -0.2) is 29.6 Å². The Labute approximate surface area is 183 Å². The van der Waals surface area contributed by atoms with Crippen LogP contribution < -0.4 is 5.11 Å². The number of hydrogen-bond acceptors (Lipinski definition) is 6. The summed E-state index contributed by atoms with van der Waals surface area (Å²) in [5, 5.41) is 10.8. The third kappa shape index (κ3) is 3.66. The summed E-state index contributed by atoms with van der Waals surface area (Å²) in [5.41, 5.74) is 0.755. The van der Waals surface area contributed by atoms with E-state index >= 15 is 0 Å². The molecule has 0 unspecified atom stereocenters. The molecule has 4 aliphatic carbocycles. The molecule has 4 aliphatic rings. The van der Waals surface area contributed by atoms with E-state index in [4.69, 9.17) is 4.74 Å². The zero-order valence-corrected chi connectivity index (χ0v) is 18.8. The highest BCUT2D eigenvalue weighted by Gasteiger charge is 2.63. The lowest BCUT2D eigenvalue weighted by atomic mass is 9.46.